The van der Waals surface area contributed by atoms with Crippen LogP contribution in [-0.4, -0.2) is 23.9 Å². The number of anilines is 1. The second-order valence-electron chi connectivity index (χ2n) is 6.99. The van der Waals surface area contributed by atoms with Crippen molar-refractivity contribution in [1.29, 1.82) is 0 Å². The van der Waals surface area contributed by atoms with E-state index in [2.05, 4.69) is 22.8 Å². The topological polar surface area (TPSA) is 97.4 Å². The monoisotopic (exact) mass is 379 g/mol. The molecule has 7 nitrogen and oxygen atoms in total. The zero-order valence-corrected chi connectivity index (χ0v) is 15.4. The summed E-state index contributed by atoms with van der Waals surface area (Å²) >= 11 is 0. The predicted molar refractivity (Wildman–Crippen MR) is 107 cm³/mol. The van der Waals surface area contributed by atoms with Crippen molar-refractivity contribution in [2.75, 3.05) is 18.4 Å². The molecule has 1 aromatic heterocycles. The number of carbonyl (C=O) groups excluding carboxylic acids is 1. The van der Waals surface area contributed by atoms with Gasteiger partial charge >= 0.3 is 0 Å². The van der Waals surface area contributed by atoms with Crippen LogP contribution in [0.5, 0.6) is 0 Å². The van der Waals surface area contributed by atoms with Crippen LogP contribution >= 0.6 is 0 Å². The Morgan fingerprint density at radius 2 is 1.86 bits per heavy atom. The SMILES string of the molecule is O=C(Cc1coc2cc3c(cc12)CCC3)NCCNc1ccc([N+](=O)[O-])cc1. The lowest BCUT2D eigenvalue weighted by molar-refractivity contribution is -0.384. The van der Waals surface area contributed by atoms with Crippen molar-refractivity contribution < 1.29 is 14.1 Å². The van der Waals surface area contributed by atoms with Gasteiger partial charge in [-0.3, -0.25) is 14.9 Å². The summed E-state index contributed by atoms with van der Waals surface area (Å²) in [4.78, 5) is 22.5. The molecular weight excluding hydrogens is 358 g/mol. The summed E-state index contributed by atoms with van der Waals surface area (Å²) in [6.07, 6.45) is 5.33. The molecule has 7 heteroatoms. The third-order valence-corrected chi connectivity index (χ3v) is 5.07. The molecule has 28 heavy (non-hydrogen) atoms. The number of nitrogens with zero attached hydrogens (tertiary/aromatic N) is 1. The van der Waals surface area contributed by atoms with Crippen LogP contribution in [0, 0.1) is 10.1 Å². The lowest BCUT2D eigenvalue weighted by Crippen LogP contribution is -2.29. The van der Waals surface area contributed by atoms with Gasteiger partial charge in [0.2, 0.25) is 5.91 Å². The summed E-state index contributed by atoms with van der Waals surface area (Å²) in [6, 6.07) is 10.5. The largest absolute Gasteiger partial charge is 0.464 e. The van der Waals surface area contributed by atoms with Crippen LogP contribution in [0.15, 0.2) is 47.1 Å². The highest BCUT2D eigenvalue weighted by atomic mass is 16.6. The number of furan rings is 1. The molecule has 1 heterocycles. The molecule has 0 bridgehead atoms. The number of carbonyl (C=O) groups is 1. The molecule has 0 atom stereocenters. The van der Waals surface area contributed by atoms with E-state index < -0.39 is 4.92 Å². The Balaban J connectivity index is 1.28. The van der Waals surface area contributed by atoms with E-state index in [9.17, 15) is 14.9 Å². The quantitative estimate of drug-likeness (QED) is 0.371. The molecule has 0 saturated heterocycles. The molecule has 0 aliphatic heterocycles. The number of amides is 1. The first-order valence-corrected chi connectivity index (χ1v) is 9.37. The minimum atomic E-state index is -0.433. The lowest BCUT2D eigenvalue weighted by Gasteiger charge is -2.08. The van der Waals surface area contributed by atoms with Crippen LogP contribution in [0.2, 0.25) is 0 Å². The molecule has 4 rings (SSSR count). The normalized spacial score (nSPS) is 12.7. The molecule has 1 amide bonds. The molecule has 3 aromatic rings. The van der Waals surface area contributed by atoms with Gasteiger partial charge in [0.1, 0.15) is 5.58 Å². The Labute approximate surface area is 161 Å². The fourth-order valence-electron chi connectivity index (χ4n) is 3.63. The van der Waals surface area contributed by atoms with Crippen molar-refractivity contribution >= 4 is 28.3 Å². The smallest absolute Gasteiger partial charge is 0.269 e. The van der Waals surface area contributed by atoms with E-state index in [0.717, 1.165) is 35.1 Å². The molecule has 0 unspecified atom stereocenters. The van der Waals surface area contributed by atoms with E-state index in [-0.39, 0.29) is 18.0 Å². The number of nitro benzene ring substituents is 1. The van der Waals surface area contributed by atoms with Gasteiger partial charge in [0.15, 0.2) is 0 Å². The zero-order chi connectivity index (χ0) is 19.5. The minimum absolute atomic E-state index is 0.0526. The van der Waals surface area contributed by atoms with Gasteiger partial charge in [-0.25, -0.2) is 0 Å². The highest BCUT2D eigenvalue weighted by Gasteiger charge is 2.16. The summed E-state index contributed by atoms with van der Waals surface area (Å²) in [5.41, 5.74) is 5.30. The third-order valence-electron chi connectivity index (χ3n) is 5.07. The molecule has 0 saturated carbocycles. The first-order valence-electron chi connectivity index (χ1n) is 9.37. The minimum Gasteiger partial charge on any atom is -0.464 e. The van der Waals surface area contributed by atoms with Crippen LogP contribution in [0.1, 0.15) is 23.1 Å². The number of benzene rings is 2. The van der Waals surface area contributed by atoms with E-state index >= 15 is 0 Å². The van der Waals surface area contributed by atoms with Crippen LogP contribution in [0.3, 0.4) is 0 Å². The Morgan fingerprint density at radius 1 is 1.11 bits per heavy atom. The average molecular weight is 379 g/mol. The fraction of sp³-hybridized carbons (Fsp3) is 0.286. The first-order chi connectivity index (χ1) is 13.6. The van der Waals surface area contributed by atoms with Crippen molar-refractivity contribution in [1.82, 2.24) is 5.32 Å². The van der Waals surface area contributed by atoms with Crippen molar-refractivity contribution in [3.05, 3.63) is 69.5 Å². The predicted octanol–water partition coefficient (Wildman–Crippen LogP) is 3.60. The summed E-state index contributed by atoms with van der Waals surface area (Å²) in [5.74, 6) is -0.0614. The summed E-state index contributed by atoms with van der Waals surface area (Å²) in [7, 11) is 0. The third kappa shape index (κ3) is 3.83. The molecule has 1 aliphatic rings. The van der Waals surface area contributed by atoms with E-state index in [4.69, 9.17) is 4.42 Å². The number of nitro groups is 1. The number of rotatable bonds is 7. The molecular formula is C21H21N3O4. The molecule has 0 spiro atoms. The van der Waals surface area contributed by atoms with Crippen molar-refractivity contribution in [2.45, 2.75) is 25.7 Å². The summed E-state index contributed by atoms with van der Waals surface area (Å²) < 4.78 is 5.64. The van der Waals surface area contributed by atoms with E-state index in [1.54, 1.807) is 18.4 Å². The first kappa shape index (κ1) is 18.0. The van der Waals surface area contributed by atoms with E-state index in [0.29, 0.717) is 13.1 Å². The van der Waals surface area contributed by atoms with Crippen molar-refractivity contribution in [3.8, 4) is 0 Å². The number of hydrogen-bond acceptors (Lipinski definition) is 5. The average Bonchev–Trinajstić information content (AvgIpc) is 3.30. The summed E-state index contributed by atoms with van der Waals surface area (Å²) in [6.45, 7) is 0.990. The number of fused-ring (bicyclic) bond motifs is 2. The molecule has 2 aromatic carbocycles. The number of aryl methyl sites for hydroxylation is 2. The zero-order valence-electron chi connectivity index (χ0n) is 15.4. The standard InChI is InChI=1S/C21H21N3O4/c25-21(23-9-8-22-17-4-6-18(7-5-17)24(26)27)12-16-13-28-20-11-15-3-1-2-14(15)10-19(16)20/h4-7,10-11,13,22H,1-3,8-9,12H2,(H,23,25). The maximum absolute atomic E-state index is 12.3. The molecule has 0 fully saturated rings. The van der Waals surface area contributed by atoms with E-state index in [1.165, 1.54) is 29.7 Å². The Morgan fingerprint density at radius 3 is 2.61 bits per heavy atom. The van der Waals surface area contributed by atoms with Crippen molar-refractivity contribution in [3.63, 3.8) is 0 Å². The molecule has 144 valence electrons. The Bertz CT molecular complexity index is 1020. The van der Waals surface area contributed by atoms with Gasteiger partial charge in [-0.05, 0) is 54.7 Å². The highest BCUT2D eigenvalue weighted by molar-refractivity contribution is 5.88. The van der Waals surface area contributed by atoms with Gasteiger partial charge < -0.3 is 15.1 Å². The Hall–Kier alpha value is -3.35. The van der Waals surface area contributed by atoms with Crippen LogP contribution in [0.4, 0.5) is 11.4 Å². The molecule has 2 N–H and O–H groups in total. The molecule has 0 radical (unpaired) electrons. The van der Waals surface area contributed by atoms with Crippen LogP contribution < -0.4 is 10.6 Å². The number of nitrogens with one attached hydrogen (secondary N) is 2. The van der Waals surface area contributed by atoms with Gasteiger partial charge in [-0.1, -0.05) is 0 Å². The maximum Gasteiger partial charge on any atom is 0.269 e. The second kappa shape index (κ2) is 7.72. The maximum atomic E-state index is 12.3. The number of non-ortho nitro benzene ring substituents is 1. The second-order valence-corrected chi connectivity index (χ2v) is 6.99. The lowest BCUT2D eigenvalue weighted by atomic mass is 10.0. The molecule has 1 aliphatic carbocycles. The van der Waals surface area contributed by atoms with Crippen molar-refractivity contribution in [2.24, 2.45) is 0 Å². The van der Waals surface area contributed by atoms with E-state index in [1.807, 2.05) is 0 Å². The van der Waals surface area contributed by atoms with Gasteiger partial charge in [0.25, 0.3) is 5.69 Å². The van der Waals surface area contributed by atoms with Gasteiger partial charge in [0.05, 0.1) is 17.6 Å². The Kier molecular flexibility index (Phi) is 4.97. The highest BCUT2D eigenvalue weighted by Crippen LogP contribution is 2.30. The van der Waals surface area contributed by atoms with Gasteiger partial charge in [-0.15, -0.1) is 0 Å². The van der Waals surface area contributed by atoms with Gasteiger partial charge in [-0.2, -0.15) is 0 Å². The van der Waals surface area contributed by atoms with Gasteiger partial charge in [0, 0.05) is 41.9 Å². The number of hydrogen-bond donors (Lipinski definition) is 2. The van der Waals surface area contributed by atoms with Crippen LogP contribution in [0.25, 0.3) is 11.0 Å². The summed E-state index contributed by atoms with van der Waals surface area (Å²) in [5, 5.41) is 17.7. The van der Waals surface area contributed by atoms with Crippen LogP contribution in [-0.2, 0) is 24.1 Å². The fourth-order valence-corrected chi connectivity index (χ4v) is 3.63.